The Morgan fingerprint density at radius 1 is 0.765 bits per heavy atom. The molecular weight excluding hydrogens is 428 g/mol. The zero-order chi connectivity index (χ0) is 23.6. The van der Waals surface area contributed by atoms with E-state index in [-0.39, 0.29) is 0 Å². The highest BCUT2D eigenvalue weighted by Crippen LogP contribution is 2.25. The van der Waals surface area contributed by atoms with Crippen LogP contribution >= 0.6 is 0 Å². The molecule has 180 valence electrons. The van der Waals surface area contributed by atoms with Gasteiger partial charge in [0.2, 0.25) is 0 Å². The summed E-state index contributed by atoms with van der Waals surface area (Å²) in [7, 11) is 3.40. The Bertz CT molecular complexity index is 969. The average molecular weight is 463 g/mol. The van der Waals surface area contributed by atoms with Gasteiger partial charge in [-0.15, -0.1) is 0 Å². The minimum Gasteiger partial charge on any atom is -0.497 e. The van der Waals surface area contributed by atoms with Gasteiger partial charge in [-0.25, -0.2) is 0 Å². The van der Waals surface area contributed by atoms with Gasteiger partial charge in [-0.05, 0) is 59.7 Å². The van der Waals surface area contributed by atoms with Crippen molar-refractivity contribution in [2.45, 2.75) is 13.1 Å². The first kappa shape index (κ1) is 23.9. The molecule has 0 saturated carbocycles. The maximum Gasteiger partial charge on any atom is 0.119 e. The highest BCUT2D eigenvalue weighted by atomic mass is 16.5. The van der Waals surface area contributed by atoms with Crippen molar-refractivity contribution in [1.29, 1.82) is 0 Å². The predicted molar refractivity (Wildman–Crippen MR) is 135 cm³/mol. The molecule has 0 unspecified atom stereocenters. The van der Waals surface area contributed by atoms with Crippen LogP contribution in [0.1, 0.15) is 11.1 Å². The molecule has 0 aromatic heterocycles. The van der Waals surface area contributed by atoms with E-state index in [2.05, 4.69) is 58.3 Å². The van der Waals surface area contributed by atoms with Crippen LogP contribution in [0.5, 0.6) is 17.2 Å². The largest absolute Gasteiger partial charge is 0.497 e. The summed E-state index contributed by atoms with van der Waals surface area (Å²) in [5.41, 5.74) is 3.51. The van der Waals surface area contributed by atoms with Crippen LogP contribution in [0, 0.1) is 0 Å². The van der Waals surface area contributed by atoms with Crippen molar-refractivity contribution in [1.82, 2.24) is 4.90 Å². The van der Waals surface area contributed by atoms with Gasteiger partial charge in [-0.3, -0.25) is 4.90 Å². The molecule has 3 aromatic carbocycles. The topological polar surface area (TPSA) is 43.4 Å². The van der Waals surface area contributed by atoms with Crippen LogP contribution in [-0.2, 0) is 17.8 Å². The van der Waals surface area contributed by atoms with Crippen LogP contribution in [-0.4, -0.2) is 58.6 Å². The Balaban J connectivity index is 1.45. The Kier molecular flexibility index (Phi) is 8.65. The summed E-state index contributed by atoms with van der Waals surface area (Å²) in [5.74, 6) is 2.62. The van der Waals surface area contributed by atoms with E-state index in [4.69, 9.17) is 18.9 Å². The lowest BCUT2D eigenvalue weighted by molar-refractivity contribution is 0.0322. The summed E-state index contributed by atoms with van der Waals surface area (Å²) < 4.78 is 22.3. The fourth-order valence-corrected chi connectivity index (χ4v) is 4.09. The lowest BCUT2D eigenvalue weighted by atomic mass is 10.1. The normalized spacial score (nSPS) is 13.9. The molecule has 4 rings (SSSR count). The van der Waals surface area contributed by atoms with E-state index in [9.17, 15) is 0 Å². The lowest BCUT2D eigenvalue weighted by Gasteiger charge is -2.27. The van der Waals surface area contributed by atoms with Gasteiger partial charge in [0.25, 0.3) is 0 Å². The molecule has 0 atom stereocenters. The summed E-state index contributed by atoms with van der Waals surface area (Å²) in [6.45, 7) is 6.69. The summed E-state index contributed by atoms with van der Waals surface area (Å²) in [6.07, 6.45) is 0. The zero-order valence-corrected chi connectivity index (χ0v) is 20.1. The molecule has 0 amide bonds. The van der Waals surface area contributed by atoms with Crippen molar-refractivity contribution < 1.29 is 18.9 Å². The number of hydrogen-bond acceptors (Lipinski definition) is 6. The van der Waals surface area contributed by atoms with Gasteiger partial charge in [0.15, 0.2) is 0 Å². The molecule has 1 fully saturated rings. The Morgan fingerprint density at radius 2 is 1.35 bits per heavy atom. The number of methoxy groups -OCH3 is 2. The summed E-state index contributed by atoms with van der Waals surface area (Å²) in [6, 6.07) is 24.8. The third-order valence-electron chi connectivity index (χ3n) is 6.00. The van der Waals surface area contributed by atoms with Crippen LogP contribution in [0.25, 0.3) is 0 Å². The lowest BCUT2D eigenvalue weighted by Crippen LogP contribution is -2.38. The Hall–Kier alpha value is -3.22. The van der Waals surface area contributed by atoms with E-state index in [1.165, 1.54) is 11.1 Å². The molecule has 0 bridgehead atoms. The monoisotopic (exact) mass is 462 g/mol. The number of ether oxygens (including phenoxy) is 4. The molecule has 1 heterocycles. The van der Waals surface area contributed by atoms with Crippen molar-refractivity contribution in [3.05, 3.63) is 83.9 Å². The van der Waals surface area contributed by atoms with Gasteiger partial charge in [-0.1, -0.05) is 24.3 Å². The minimum atomic E-state index is 0.677. The van der Waals surface area contributed by atoms with E-state index < -0.39 is 0 Å². The summed E-state index contributed by atoms with van der Waals surface area (Å²) in [5, 5.41) is 0. The number of anilines is 1. The zero-order valence-electron chi connectivity index (χ0n) is 20.1. The quantitative estimate of drug-likeness (QED) is 0.414. The fraction of sp³-hybridized carbons (Fsp3) is 0.357. The number of nitrogens with zero attached hydrogens (tertiary/aromatic N) is 2. The fourth-order valence-electron chi connectivity index (χ4n) is 4.09. The van der Waals surface area contributed by atoms with Crippen LogP contribution < -0.4 is 19.1 Å². The first-order valence-corrected chi connectivity index (χ1v) is 11.8. The second-order valence-corrected chi connectivity index (χ2v) is 8.36. The molecule has 34 heavy (non-hydrogen) atoms. The van der Waals surface area contributed by atoms with Crippen molar-refractivity contribution in [2.24, 2.45) is 0 Å². The van der Waals surface area contributed by atoms with Crippen LogP contribution in [0.4, 0.5) is 5.69 Å². The van der Waals surface area contributed by atoms with Crippen molar-refractivity contribution in [3.63, 3.8) is 0 Å². The molecule has 6 nitrogen and oxygen atoms in total. The van der Waals surface area contributed by atoms with Crippen molar-refractivity contribution in [2.75, 3.05) is 58.6 Å². The van der Waals surface area contributed by atoms with Gasteiger partial charge < -0.3 is 23.8 Å². The highest BCUT2D eigenvalue weighted by Gasteiger charge is 2.12. The molecule has 1 aliphatic heterocycles. The number of hydrogen-bond donors (Lipinski definition) is 0. The van der Waals surface area contributed by atoms with Gasteiger partial charge >= 0.3 is 0 Å². The smallest absolute Gasteiger partial charge is 0.119 e. The van der Waals surface area contributed by atoms with Gasteiger partial charge in [-0.2, -0.15) is 0 Å². The highest BCUT2D eigenvalue weighted by molar-refractivity contribution is 5.50. The van der Waals surface area contributed by atoms with Crippen LogP contribution in [0.3, 0.4) is 0 Å². The van der Waals surface area contributed by atoms with E-state index in [1.807, 2.05) is 24.3 Å². The minimum absolute atomic E-state index is 0.677. The maximum atomic E-state index is 6.01. The maximum absolute atomic E-state index is 6.01. The molecule has 0 N–H and O–H groups in total. The molecular formula is C28H34N2O4. The predicted octanol–water partition coefficient (Wildman–Crippen LogP) is 4.62. The number of rotatable bonds is 11. The summed E-state index contributed by atoms with van der Waals surface area (Å²) in [4.78, 5) is 4.73. The summed E-state index contributed by atoms with van der Waals surface area (Å²) >= 11 is 0. The van der Waals surface area contributed by atoms with Gasteiger partial charge in [0.05, 0.1) is 27.4 Å². The number of benzene rings is 3. The van der Waals surface area contributed by atoms with Gasteiger partial charge in [0, 0.05) is 38.4 Å². The van der Waals surface area contributed by atoms with E-state index in [1.54, 1.807) is 14.2 Å². The van der Waals surface area contributed by atoms with Crippen molar-refractivity contribution in [3.8, 4) is 17.2 Å². The molecule has 3 aromatic rings. The third kappa shape index (κ3) is 6.89. The molecule has 1 aliphatic rings. The SMILES string of the molecule is COc1cccc(CN(Cc2cccc(OC)c2)c2ccc(OCCN3CCOCC3)cc2)c1. The van der Waals surface area contributed by atoms with E-state index in [0.717, 1.165) is 68.9 Å². The van der Waals surface area contributed by atoms with Crippen LogP contribution in [0.15, 0.2) is 72.8 Å². The number of morpholine rings is 1. The molecule has 6 heteroatoms. The molecule has 0 aliphatic carbocycles. The Labute approximate surface area is 202 Å². The van der Waals surface area contributed by atoms with Crippen LogP contribution in [0.2, 0.25) is 0 Å². The third-order valence-corrected chi connectivity index (χ3v) is 6.00. The average Bonchev–Trinajstić information content (AvgIpc) is 2.89. The molecule has 1 saturated heterocycles. The molecule has 0 spiro atoms. The molecule has 0 radical (unpaired) electrons. The van der Waals surface area contributed by atoms with E-state index in [0.29, 0.717) is 6.61 Å². The Morgan fingerprint density at radius 3 is 1.91 bits per heavy atom. The second kappa shape index (κ2) is 12.3. The van der Waals surface area contributed by atoms with Crippen molar-refractivity contribution >= 4 is 5.69 Å². The van der Waals surface area contributed by atoms with E-state index >= 15 is 0 Å². The van der Waals surface area contributed by atoms with Gasteiger partial charge in [0.1, 0.15) is 23.9 Å². The standard InChI is InChI=1S/C28H34N2O4/c1-31-27-7-3-5-23(19-27)21-30(22-24-6-4-8-28(20-24)32-2)25-9-11-26(12-10-25)34-18-15-29-13-16-33-17-14-29/h3-12,19-20H,13-18,21-22H2,1-2H3. The first-order valence-electron chi connectivity index (χ1n) is 11.8. The first-order chi connectivity index (χ1) is 16.7. The second-order valence-electron chi connectivity index (χ2n) is 8.36.